The first kappa shape index (κ1) is 12.7. The Hall–Kier alpha value is -1.32. The Labute approximate surface area is 115 Å². The molecule has 3 heteroatoms. The van der Waals surface area contributed by atoms with Gasteiger partial charge < -0.3 is 9.88 Å². The summed E-state index contributed by atoms with van der Waals surface area (Å²) in [5, 5.41) is 4.82. The number of hydrogen-bond acceptors (Lipinski definition) is 2. The van der Waals surface area contributed by atoms with Crippen molar-refractivity contribution in [2.75, 3.05) is 26.2 Å². The second-order valence-electron chi connectivity index (χ2n) is 5.68. The van der Waals surface area contributed by atoms with Crippen molar-refractivity contribution in [2.45, 2.75) is 20.4 Å². The Bertz CT molecular complexity index is 592. The zero-order valence-corrected chi connectivity index (χ0v) is 12.2. The number of nitrogens with one attached hydrogen (secondary N) is 1. The predicted molar refractivity (Wildman–Crippen MR) is 80.5 cm³/mol. The van der Waals surface area contributed by atoms with Gasteiger partial charge in [-0.3, -0.25) is 4.90 Å². The first-order valence-electron chi connectivity index (χ1n) is 7.14. The van der Waals surface area contributed by atoms with E-state index in [4.69, 9.17) is 0 Å². The molecule has 1 aromatic carbocycles. The summed E-state index contributed by atoms with van der Waals surface area (Å²) in [6.45, 7) is 10.0. The lowest BCUT2D eigenvalue weighted by Gasteiger charge is -2.27. The molecule has 1 aliphatic heterocycles. The average Bonchev–Trinajstić information content (AvgIpc) is 2.65. The summed E-state index contributed by atoms with van der Waals surface area (Å²) in [6.07, 6.45) is 0. The van der Waals surface area contributed by atoms with E-state index in [1.54, 1.807) is 0 Å². The minimum Gasteiger partial charge on any atom is -0.346 e. The van der Waals surface area contributed by atoms with Crippen LogP contribution in [-0.2, 0) is 13.6 Å². The Balaban J connectivity index is 1.98. The maximum atomic E-state index is 3.42. The highest BCUT2D eigenvalue weighted by atomic mass is 15.2. The summed E-state index contributed by atoms with van der Waals surface area (Å²) in [6, 6.07) is 6.77. The van der Waals surface area contributed by atoms with Crippen molar-refractivity contribution in [2.24, 2.45) is 7.05 Å². The van der Waals surface area contributed by atoms with Crippen LogP contribution in [0, 0.1) is 13.8 Å². The second kappa shape index (κ2) is 4.99. The van der Waals surface area contributed by atoms with Crippen LogP contribution < -0.4 is 5.32 Å². The largest absolute Gasteiger partial charge is 0.346 e. The van der Waals surface area contributed by atoms with Crippen LogP contribution in [0.15, 0.2) is 18.2 Å². The van der Waals surface area contributed by atoms with Gasteiger partial charge in [0.2, 0.25) is 0 Å². The van der Waals surface area contributed by atoms with Crippen molar-refractivity contribution >= 4 is 10.9 Å². The van der Waals surface area contributed by atoms with E-state index in [9.17, 15) is 0 Å². The highest BCUT2D eigenvalue weighted by molar-refractivity contribution is 5.85. The fourth-order valence-electron chi connectivity index (χ4n) is 3.09. The van der Waals surface area contributed by atoms with Gasteiger partial charge in [-0.25, -0.2) is 0 Å². The summed E-state index contributed by atoms with van der Waals surface area (Å²) in [7, 11) is 2.20. The van der Waals surface area contributed by atoms with Crippen molar-refractivity contribution in [1.29, 1.82) is 0 Å². The molecule has 0 bridgehead atoms. The molecule has 2 heterocycles. The third-order valence-corrected chi connectivity index (χ3v) is 4.34. The molecule has 0 atom stereocenters. The molecule has 1 aliphatic rings. The fourth-order valence-corrected chi connectivity index (χ4v) is 3.09. The first-order valence-corrected chi connectivity index (χ1v) is 7.14. The van der Waals surface area contributed by atoms with Gasteiger partial charge in [-0.1, -0.05) is 12.1 Å². The minimum atomic E-state index is 1.07. The predicted octanol–water partition coefficient (Wildman–Crippen LogP) is 2.20. The molecule has 1 fully saturated rings. The van der Waals surface area contributed by atoms with Crippen molar-refractivity contribution in [3.05, 3.63) is 35.0 Å². The maximum absolute atomic E-state index is 3.42. The SMILES string of the molecule is Cc1ccc2c(C)c(CN3CCNCC3)n(C)c2c1. The standard InChI is InChI=1S/C16H23N3/c1-12-4-5-14-13(2)16(18(3)15(14)10-12)11-19-8-6-17-7-9-19/h4-5,10,17H,6-9,11H2,1-3H3. The van der Waals surface area contributed by atoms with Crippen molar-refractivity contribution in [3.8, 4) is 0 Å². The molecule has 1 saturated heterocycles. The number of benzene rings is 1. The molecule has 0 aliphatic carbocycles. The third-order valence-electron chi connectivity index (χ3n) is 4.34. The van der Waals surface area contributed by atoms with Crippen LogP contribution in [0.5, 0.6) is 0 Å². The van der Waals surface area contributed by atoms with E-state index in [0.717, 1.165) is 32.7 Å². The highest BCUT2D eigenvalue weighted by Crippen LogP contribution is 2.26. The number of rotatable bonds is 2. The molecule has 102 valence electrons. The summed E-state index contributed by atoms with van der Waals surface area (Å²) >= 11 is 0. The summed E-state index contributed by atoms with van der Waals surface area (Å²) in [5.41, 5.74) is 5.60. The smallest absolute Gasteiger partial charge is 0.0485 e. The van der Waals surface area contributed by atoms with E-state index >= 15 is 0 Å². The lowest BCUT2D eigenvalue weighted by molar-refractivity contribution is 0.228. The van der Waals surface area contributed by atoms with Crippen LogP contribution >= 0.6 is 0 Å². The zero-order chi connectivity index (χ0) is 13.4. The molecule has 19 heavy (non-hydrogen) atoms. The molecule has 3 rings (SSSR count). The first-order chi connectivity index (χ1) is 9.16. The maximum Gasteiger partial charge on any atom is 0.0485 e. The summed E-state index contributed by atoms with van der Waals surface area (Å²) < 4.78 is 2.37. The highest BCUT2D eigenvalue weighted by Gasteiger charge is 2.16. The van der Waals surface area contributed by atoms with E-state index in [0.29, 0.717) is 0 Å². The van der Waals surface area contributed by atoms with Crippen LogP contribution in [0.1, 0.15) is 16.8 Å². The van der Waals surface area contributed by atoms with Gasteiger partial charge in [0, 0.05) is 56.4 Å². The van der Waals surface area contributed by atoms with Crippen LogP contribution in [0.3, 0.4) is 0 Å². The van der Waals surface area contributed by atoms with Crippen LogP contribution in [0.25, 0.3) is 10.9 Å². The topological polar surface area (TPSA) is 20.2 Å². The molecular formula is C16H23N3. The van der Waals surface area contributed by atoms with Gasteiger partial charge in [0.05, 0.1) is 0 Å². The van der Waals surface area contributed by atoms with Crippen molar-refractivity contribution < 1.29 is 0 Å². The van der Waals surface area contributed by atoms with Crippen molar-refractivity contribution in [1.82, 2.24) is 14.8 Å². The molecule has 0 radical (unpaired) electrons. The van der Waals surface area contributed by atoms with E-state index < -0.39 is 0 Å². The number of piperazine rings is 1. The van der Waals surface area contributed by atoms with Gasteiger partial charge in [0.15, 0.2) is 0 Å². The van der Waals surface area contributed by atoms with Gasteiger partial charge in [0.1, 0.15) is 0 Å². The molecule has 0 amide bonds. The molecule has 0 unspecified atom stereocenters. The second-order valence-corrected chi connectivity index (χ2v) is 5.68. The average molecular weight is 257 g/mol. The number of hydrogen-bond donors (Lipinski definition) is 1. The van der Waals surface area contributed by atoms with Gasteiger partial charge >= 0.3 is 0 Å². The summed E-state index contributed by atoms with van der Waals surface area (Å²) in [4.78, 5) is 2.55. The molecule has 0 spiro atoms. The molecule has 0 saturated carbocycles. The normalized spacial score (nSPS) is 17.2. The van der Waals surface area contributed by atoms with E-state index in [1.165, 1.54) is 27.7 Å². The van der Waals surface area contributed by atoms with E-state index in [-0.39, 0.29) is 0 Å². The van der Waals surface area contributed by atoms with Gasteiger partial charge in [0.25, 0.3) is 0 Å². The van der Waals surface area contributed by atoms with E-state index in [1.807, 2.05) is 0 Å². The quantitative estimate of drug-likeness (QED) is 0.890. The third kappa shape index (κ3) is 2.28. The van der Waals surface area contributed by atoms with Crippen LogP contribution in [0.2, 0.25) is 0 Å². The number of aromatic nitrogens is 1. The van der Waals surface area contributed by atoms with Crippen molar-refractivity contribution in [3.63, 3.8) is 0 Å². The molecule has 2 aromatic rings. The monoisotopic (exact) mass is 257 g/mol. The van der Waals surface area contributed by atoms with Crippen LogP contribution in [-0.4, -0.2) is 35.6 Å². The molecule has 1 aromatic heterocycles. The Kier molecular flexibility index (Phi) is 3.33. The van der Waals surface area contributed by atoms with E-state index in [2.05, 4.69) is 53.9 Å². The number of aryl methyl sites for hydroxylation is 3. The van der Waals surface area contributed by atoms with Gasteiger partial charge in [-0.15, -0.1) is 0 Å². The van der Waals surface area contributed by atoms with Gasteiger partial charge in [-0.2, -0.15) is 0 Å². The van der Waals surface area contributed by atoms with Gasteiger partial charge in [-0.05, 0) is 31.0 Å². The fraction of sp³-hybridized carbons (Fsp3) is 0.500. The molecule has 1 N–H and O–H groups in total. The Morgan fingerprint density at radius 3 is 2.63 bits per heavy atom. The lowest BCUT2D eigenvalue weighted by atomic mass is 10.1. The van der Waals surface area contributed by atoms with Crippen LogP contribution in [0.4, 0.5) is 0 Å². The zero-order valence-electron chi connectivity index (χ0n) is 12.2. The number of fused-ring (bicyclic) bond motifs is 1. The Morgan fingerprint density at radius 1 is 1.16 bits per heavy atom. The Morgan fingerprint density at radius 2 is 1.89 bits per heavy atom. The molecule has 3 nitrogen and oxygen atoms in total. The summed E-state index contributed by atoms with van der Waals surface area (Å²) in [5.74, 6) is 0. The number of nitrogens with zero attached hydrogens (tertiary/aromatic N) is 2. The molecular weight excluding hydrogens is 234 g/mol. The minimum absolute atomic E-state index is 1.07. The lowest BCUT2D eigenvalue weighted by Crippen LogP contribution is -2.43.